The molecule has 0 spiro atoms. The Bertz CT molecular complexity index is 503. The molecule has 0 saturated heterocycles. The van der Waals surface area contributed by atoms with Gasteiger partial charge in [0.15, 0.2) is 0 Å². The summed E-state index contributed by atoms with van der Waals surface area (Å²) in [7, 11) is 2.14. The molecule has 0 fully saturated rings. The number of benzene rings is 2. The molecule has 0 aliphatic rings. The lowest BCUT2D eigenvalue weighted by molar-refractivity contribution is 0.521. The molecule has 1 unspecified atom stereocenters. The number of nitrogens with two attached hydrogens (primary N) is 1. The summed E-state index contributed by atoms with van der Waals surface area (Å²) in [6, 6.07) is 15.1. The number of hydrogen-bond donors (Lipinski definition) is 1. The summed E-state index contributed by atoms with van der Waals surface area (Å²) in [6.45, 7) is 3.98. The third-order valence-electron chi connectivity index (χ3n) is 3.62. The molecule has 0 heterocycles. The van der Waals surface area contributed by atoms with Gasteiger partial charge in [0.1, 0.15) is 0 Å². The van der Waals surface area contributed by atoms with Crippen LogP contribution in [0.5, 0.6) is 0 Å². The summed E-state index contributed by atoms with van der Waals surface area (Å²) in [5, 5.41) is 2.59. The van der Waals surface area contributed by atoms with E-state index in [1.807, 2.05) is 0 Å². The van der Waals surface area contributed by atoms with Crippen LogP contribution >= 0.6 is 0 Å². The smallest absolute Gasteiger partial charge is 0.0370 e. The second-order valence-electron chi connectivity index (χ2n) is 4.92. The van der Waals surface area contributed by atoms with Gasteiger partial charge in [0.05, 0.1) is 0 Å². The van der Waals surface area contributed by atoms with Crippen LogP contribution in [0.3, 0.4) is 0 Å². The first kappa shape index (κ1) is 12.9. The molecule has 18 heavy (non-hydrogen) atoms. The maximum atomic E-state index is 5.77. The minimum atomic E-state index is 0.571. The lowest BCUT2D eigenvalue weighted by Gasteiger charge is -2.24. The van der Waals surface area contributed by atoms with Crippen LogP contribution in [-0.2, 0) is 0 Å². The molecule has 1 atom stereocenters. The van der Waals surface area contributed by atoms with Crippen molar-refractivity contribution in [3.63, 3.8) is 0 Å². The van der Waals surface area contributed by atoms with Crippen LogP contribution < -0.4 is 10.6 Å². The zero-order valence-corrected chi connectivity index (χ0v) is 11.3. The number of fused-ring (bicyclic) bond motifs is 1. The van der Waals surface area contributed by atoms with Crippen LogP contribution in [0.2, 0.25) is 0 Å². The molecular formula is C16H22N2. The maximum absolute atomic E-state index is 5.77. The predicted octanol–water partition coefficient (Wildman–Crippen LogP) is 3.26. The Morgan fingerprint density at radius 1 is 1.11 bits per heavy atom. The minimum absolute atomic E-state index is 0.571. The van der Waals surface area contributed by atoms with Crippen LogP contribution in [-0.4, -0.2) is 20.1 Å². The molecule has 0 aliphatic heterocycles. The van der Waals surface area contributed by atoms with Crippen LogP contribution in [0.4, 0.5) is 5.69 Å². The summed E-state index contributed by atoms with van der Waals surface area (Å²) >= 11 is 0. The molecule has 2 N–H and O–H groups in total. The highest BCUT2D eigenvalue weighted by Gasteiger charge is 2.08. The van der Waals surface area contributed by atoms with Gasteiger partial charge in [0.25, 0.3) is 0 Å². The Kier molecular flexibility index (Phi) is 4.21. The first-order chi connectivity index (χ1) is 8.74. The lowest BCUT2D eigenvalue weighted by atomic mass is 10.1. The second kappa shape index (κ2) is 5.87. The molecule has 0 aliphatic carbocycles. The summed E-state index contributed by atoms with van der Waals surface area (Å²) < 4.78 is 0. The SMILES string of the molecule is CCC(CN)CN(C)c1ccc2ccccc2c1. The molecule has 96 valence electrons. The number of nitrogens with zero attached hydrogens (tertiary/aromatic N) is 1. The van der Waals surface area contributed by atoms with E-state index in [0.29, 0.717) is 5.92 Å². The highest BCUT2D eigenvalue weighted by molar-refractivity contribution is 5.85. The standard InChI is InChI=1S/C16H22N2/c1-3-13(11-17)12-18(2)16-9-8-14-6-4-5-7-15(14)10-16/h4-10,13H,3,11-12,17H2,1-2H3. The fourth-order valence-electron chi connectivity index (χ4n) is 2.28. The van der Waals surface area contributed by atoms with E-state index in [1.54, 1.807) is 0 Å². The normalized spacial score (nSPS) is 12.6. The molecule has 0 saturated carbocycles. The van der Waals surface area contributed by atoms with Gasteiger partial charge in [0.2, 0.25) is 0 Å². The van der Waals surface area contributed by atoms with E-state index in [2.05, 4.69) is 61.3 Å². The minimum Gasteiger partial charge on any atom is -0.374 e. The van der Waals surface area contributed by atoms with Crippen molar-refractivity contribution in [2.75, 3.05) is 25.0 Å². The number of hydrogen-bond acceptors (Lipinski definition) is 2. The van der Waals surface area contributed by atoms with Crippen molar-refractivity contribution in [1.29, 1.82) is 0 Å². The predicted molar refractivity (Wildman–Crippen MR) is 80.1 cm³/mol. The van der Waals surface area contributed by atoms with Crippen LogP contribution in [0, 0.1) is 5.92 Å². The molecular weight excluding hydrogens is 220 g/mol. The molecule has 2 aromatic rings. The van der Waals surface area contributed by atoms with E-state index in [-0.39, 0.29) is 0 Å². The summed E-state index contributed by atoms with van der Waals surface area (Å²) in [4.78, 5) is 2.30. The van der Waals surface area contributed by atoms with Crippen molar-refractivity contribution < 1.29 is 0 Å². The molecule has 0 radical (unpaired) electrons. The van der Waals surface area contributed by atoms with Crippen molar-refractivity contribution >= 4 is 16.5 Å². The quantitative estimate of drug-likeness (QED) is 0.872. The Hall–Kier alpha value is -1.54. The highest BCUT2D eigenvalue weighted by Crippen LogP contribution is 2.22. The average Bonchev–Trinajstić information content (AvgIpc) is 2.44. The van der Waals surface area contributed by atoms with Gasteiger partial charge in [-0.1, -0.05) is 43.7 Å². The van der Waals surface area contributed by atoms with Gasteiger partial charge >= 0.3 is 0 Å². The summed E-state index contributed by atoms with van der Waals surface area (Å²) in [5.41, 5.74) is 7.04. The first-order valence-electron chi connectivity index (χ1n) is 6.64. The van der Waals surface area contributed by atoms with Crippen LogP contribution in [0.25, 0.3) is 10.8 Å². The van der Waals surface area contributed by atoms with E-state index in [4.69, 9.17) is 5.73 Å². The number of anilines is 1. The lowest BCUT2D eigenvalue weighted by Crippen LogP contribution is -2.29. The maximum Gasteiger partial charge on any atom is 0.0370 e. The van der Waals surface area contributed by atoms with Gasteiger partial charge in [-0.2, -0.15) is 0 Å². The topological polar surface area (TPSA) is 29.3 Å². The van der Waals surface area contributed by atoms with E-state index in [1.165, 1.54) is 16.5 Å². The largest absolute Gasteiger partial charge is 0.374 e. The van der Waals surface area contributed by atoms with Crippen LogP contribution in [0.1, 0.15) is 13.3 Å². The molecule has 2 heteroatoms. The third kappa shape index (κ3) is 2.82. The Morgan fingerprint density at radius 2 is 1.83 bits per heavy atom. The Labute approximate surface area is 109 Å². The van der Waals surface area contributed by atoms with Crippen molar-refractivity contribution in [3.05, 3.63) is 42.5 Å². The van der Waals surface area contributed by atoms with E-state index < -0.39 is 0 Å². The zero-order valence-electron chi connectivity index (χ0n) is 11.3. The fraction of sp³-hybridized carbons (Fsp3) is 0.375. The molecule has 0 aromatic heterocycles. The van der Waals surface area contributed by atoms with Gasteiger partial charge in [-0.3, -0.25) is 0 Å². The van der Waals surface area contributed by atoms with Crippen molar-refractivity contribution in [1.82, 2.24) is 0 Å². The third-order valence-corrected chi connectivity index (χ3v) is 3.62. The number of rotatable bonds is 5. The van der Waals surface area contributed by atoms with Gasteiger partial charge in [-0.05, 0) is 35.4 Å². The van der Waals surface area contributed by atoms with E-state index in [9.17, 15) is 0 Å². The van der Waals surface area contributed by atoms with Crippen molar-refractivity contribution in [3.8, 4) is 0 Å². The summed E-state index contributed by atoms with van der Waals surface area (Å²) in [5.74, 6) is 0.571. The first-order valence-corrected chi connectivity index (χ1v) is 6.64. The van der Waals surface area contributed by atoms with Crippen molar-refractivity contribution in [2.45, 2.75) is 13.3 Å². The molecule has 0 amide bonds. The molecule has 0 bridgehead atoms. The fourth-order valence-corrected chi connectivity index (χ4v) is 2.28. The molecule has 2 rings (SSSR count). The Balaban J connectivity index is 2.19. The van der Waals surface area contributed by atoms with Gasteiger partial charge in [0, 0.05) is 19.3 Å². The Morgan fingerprint density at radius 3 is 2.50 bits per heavy atom. The summed E-state index contributed by atoms with van der Waals surface area (Å²) in [6.07, 6.45) is 1.13. The van der Waals surface area contributed by atoms with Gasteiger partial charge in [-0.25, -0.2) is 0 Å². The zero-order chi connectivity index (χ0) is 13.0. The van der Waals surface area contributed by atoms with E-state index >= 15 is 0 Å². The van der Waals surface area contributed by atoms with Crippen molar-refractivity contribution in [2.24, 2.45) is 11.7 Å². The van der Waals surface area contributed by atoms with Gasteiger partial charge in [-0.15, -0.1) is 0 Å². The highest BCUT2D eigenvalue weighted by atomic mass is 15.1. The van der Waals surface area contributed by atoms with E-state index in [0.717, 1.165) is 19.5 Å². The average molecular weight is 242 g/mol. The monoisotopic (exact) mass is 242 g/mol. The van der Waals surface area contributed by atoms with Gasteiger partial charge < -0.3 is 10.6 Å². The molecule has 2 nitrogen and oxygen atoms in total. The molecule has 2 aromatic carbocycles. The van der Waals surface area contributed by atoms with Crippen LogP contribution in [0.15, 0.2) is 42.5 Å². The second-order valence-corrected chi connectivity index (χ2v) is 4.92.